The number of carbonyl (C=O) groups excluding carboxylic acids is 1. The number of likely N-dealkylation sites (tertiary alicyclic amines) is 1. The SMILES string of the molecule is CC1CCCN(C(=O)C2CCN(S(=O)(=O)c3ccc4c(c3)CCCC4)CC2)C1. The first kappa shape index (κ1) is 19.9. The number of rotatable bonds is 3. The van der Waals surface area contributed by atoms with E-state index >= 15 is 0 Å². The third-order valence-corrected chi connectivity index (χ3v) is 8.62. The zero-order valence-corrected chi connectivity index (χ0v) is 17.7. The van der Waals surface area contributed by atoms with Crippen LogP contribution in [0.15, 0.2) is 23.1 Å². The first-order chi connectivity index (χ1) is 13.4. The van der Waals surface area contributed by atoms with E-state index in [1.54, 1.807) is 10.4 Å². The van der Waals surface area contributed by atoms with E-state index in [4.69, 9.17) is 0 Å². The van der Waals surface area contributed by atoms with Crippen molar-refractivity contribution in [1.29, 1.82) is 0 Å². The van der Waals surface area contributed by atoms with Crippen molar-refractivity contribution in [3.63, 3.8) is 0 Å². The van der Waals surface area contributed by atoms with Gasteiger partial charge in [0.15, 0.2) is 0 Å². The molecule has 6 heteroatoms. The molecule has 0 N–H and O–H groups in total. The minimum absolute atomic E-state index is 0.0275. The average molecular weight is 405 g/mol. The number of hydrogen-bond acceptors (Lipinski definition) is 3. The summed E-state index contributed by atoms with van der Waals surface area (Å²) in [5.74, 6) is 0.778. The molecule has 0 radical (unpaired) electrons. The maximum atomic E-state index is 13.1. The molecular weight excluding hydrogens is 372 g/mol. The molecule has 1 aliphatic carbocycles. The highest BCUT2D eigenvalue weighted by Crippen LogP contribution is 2.29. The summed E-state index contributed by atoms with van der Waals surface area (Å²) in [5, 5.41) is 0. The van der Waals surface area contributed by atoms with Crippen LogP contribution in [0.3, 0.4) is 0 Å². The average Bonchev–Trinajstić information content (AvgIpc) is 2.73. The standard InChI is InChI=1S/C22H32N2O3S/c1-17-5-4-12-23(16-17)22(25)19-10-13-24(14-11-19)28(26,27)21-9-8-18-6-2-3-7-20(18)15-21/h8-9,15,17,19H,2-7,10-14,16H2,1H3. The summed E-state index contributed by atoms with van der Waals surface area (Å²) in [6, 6.07) is 5.65. The van der Waals surface area contributed by atoms with Crippen molar-refractivity contribution in [3.05, 3.63) is 29.3 Å². The first-order valence-corrected chi connectivity index (χ1v) is 12.3. The van der Waals surface area contributed by atoms with Gasteiger partial charge in [-0.3, -0.25) is 4.79 Å². The Labute approximate surface area is 169 Å². The number of hydrogen-bond donors (Lipinski definition) is 0. The Hall–Kier alpha value is -1.40. The maximum absolute atomic E-state index is 13.1. The second-order valence-corrected chi connectivity index (χ2v) is 10.8. The highest BCUT2D eigenvalue weighted by atomic mass is 32.2. The predicted molar refractivity (Wildman–Crippen MR) is 110 cm³/mol. The van der Waals surface area contributed by atoms with E-state index in [0.29, 0.717) is 36.7 Å². The lowest BCUT2D eigenvalue weighted by atomic mass is 9.92. The quantitative estimate of drug-likeness (QED) is 0.777. The van der Waals surface area contributed by atoms with Gasteiger partial charge in [-0.25, -0.2) is 8.42 Å². The summed E-state index contributed by atoms with van der Waals surface area (Å²) < 4.78 is 27.8. The van der Waals surface area contributed by atoms with E-state index < -0.39 is 10.0 Å². The van der Waals surface area contributed by atoms with Crippen molar-refractivity contribution in [2.24, 2.45) is 11.8 Å². The van der Waals surface area contributed by atoms with Crippen LogP contribution >= 0.6 is 0 Å². The molecule has 0 saturated carbocycles. The Morgan fingerprint density at radius 1 is 0.964 bits per heavy atom. The van der Waals surface area contributed by atoms with E-state index in [-0.39, 0.29) is 11.8 Å². The van der Waals surface area contributed by atoms with Gasteiger partial charge in [-0.2, -0.15) is 4.31 Å². The smallest absolute Gasteiger partial charge is 0.243 e. The molecular formula is C22H32N2O3S. The van der Waals surface area contributed by atoms with Crippen molar-refractivity contribution in [2.75, 3.05) is 26.2 Å². The minimum Gasteiger partial charge on any atom is -0.342 e. The van der Waals surface area contributed by atoms with Gasteiger partial charge >= 0.3 is 0 Å². The van der Waals surface area contributed by atoms with Crippen molar-refractivity contribution < 1.29 is 13.2 Å². The fourth-order valence-corrected chi connectivity index (χ4v) is 6.53. The van der Waals surface area contributed by atoms with Crippen LogP contribution in [0, 0.1) is 11.8 Å². The molecule has 1 aromatic carbocycles. The lowest BCUT2D eigenvalue weighted by Gasteiger charge is -2.36. The topological polar surface area (TPSA) is 57.7 Å². The second kappa shape index (κ2) is 8.15. The van der Waals surface area contributed by atoms with Crippen LogP contribution in [0.4, 0.5) is 0 Å². The maximum Gasteiger partial charge on any atom is 0.243 e. The van der Waals surface area contributed by atoms with Crippen LogP contribution in [0.25, 0.3) is 0 Å². The summed E-state index contributed by atoms with van der Waals surface area (Å²) in [7, 11) is -3.47. The molecule has 2 saturated heterocycles. The highest BCUT2D eigenvalue weighted by molar-refractivity contribution is 7.89. The van der Waals surface area contributed by atoms with Gasteiger partial charge in [0.05, 0.1) is 4.90 Å². The van der Waals surface area contributed by atoms with Crippen molar-refractivity contribution in [3.8, 4) is 0 Å². The summed E-state index contributed by atoms with van der Waals surface area (Å²) in [6.07, 6.45) is 7.90. The van der Waals surface area contributed by atoms with Crippen molar-refractivity contribution in [2.45, 2.75) is 63.2 Å². The molecule has 5 nitrogen and oxygen atoms in total. The van der Waals surface area contributed by atoms with Crippen LogP contribution in [0.2, 0.25) is 0 Å². The normalized spacial score (nSPS) is 24.8. The number of fused-ring (bicyclic) bond motifs is 1. The largest absolute Gasteiger partial charge is 0.342 e. The number of amides is 1. The molecule has 0 aromatic heterocycles. The third-order valence-electron chi connectivity index (χ3n) is 6.73. The first-order valence-electron chi connectivity index (χ1n) is 10.9. The van der Waals surface area contributed by atoms with Crippen LogP contribution < -0.4 is 0 Å². The van der Waals surface area contributed by atoms with Gasteiger partial charge in [-0.15, -0.1) is 0 Å². The number of carbonyl (C=O) groups is 1. The molecule has 1 atom stereocenters. The van der Waals surface area contributed by atoms with E-state index in [1.807, 2.05) is 17.0 Å². The molecule has 1 aromatic rings. The van der Waals surface area contributed by atoms with Gasteiger partial charge in [0.2, 0.25) is 15.9 Å². The molecule has 28 heavy (non-hydrogen) atoms. The fourth-order valence-electron chi connectivity index (χ4n) is 5.01. The van der Waals surface area contributed by atoms with E-state index in [1.165, 1.54) is 24.0 Å². The number of sulfonamides is 1. The van der Waals surface area contributed by atoms with Crippen LogP contribution in [0.5, 0.6) is 0 Å². The Morgan fingerprint density at radius 3 is 2.39 bits per heavy atom. The van der Waals surface area contributed by atoms with Crippen LogP contribution in [0.1, 0.15) is 56.6 Å². The monoisotopic (exact) mass is 404 g/mol. The van der Waals surface area contributed by atoms with Crippen molar-refractivity contribution >= 4 is 15.9 Å². The third kappa shape index (κ3) is 3.99. The molecule has 2 heterocycles. The van der Waals surface area contributed by atoms with Gasteiger partial charge in [-0.1, -0.05) is 13.0 Å². The number of aryl methyl sites for hydroxylation is 2. The summed E-state index contributed by atoms with van der Waals surface area (Å²) >= 11 is 0. The van der Waals surface area contributed by atoms with E-state index in [9.17, 15) is 13.2 Å². The summed E-state index contributed by atoms with van der Waals surface area (Å²) in [4.78, 5) is 15.3. The number of benzene rings is 1. The Balaban J connectivity index is 1.41. The minimum atomic E-state index is -3.47. The summed E-state index contributed by atoms with van der Waals surface area (Å²) in [6.45, 7) is 4.80. The van der Waals surface area contributed by atoms with Gasteiger partial charge in [0, 0.05) is 32.1 Å². The molecule has 2 aliphatic heterocycles. The summed E-state index contributed by atoms with van der Waals surface area (Å²) in [5.41, 5.74) is 2.49. The van der Waals surface area contributed by atoms with Crippen molar-refractivity contribution in [1.82, 2.24) is 9.21 Å². The molecule has 0 spiro atoms. The molecule has 154 valence electrons. The fraction of sp³-hybridized carbons (Fsp3) is 0.682. The predicted octanol–water partition coefficient (Wildman–Crippen LogP) is 3.22. The van der Waals surface area contributed by atoms with Gasteiger partial charge in [0.1, 0.15) is 0 Å². The van der Waals surface area contributed by atoms with E-state index in [2.05, 4.69) is 6.92 Å². The Kier molecular flexibility index (Phi) is 5.79. The molecule has 2 fully saturated rings. The van der Waals surface area contributed by atoms with Gasteiger partial charge in [-0.05, 0) is 80.5 Å². The lowest BCUT2D eigenvalue weighted by Crippen LogP contribution is -2.46. The van der Waals surface area contributed by atoms with Gasteiger partial charge in [0.25, 0.3) is 0 Å². The van der Waals surface area contributed by atoms with Crippen LogP contribution in [-0.4, -0.2) is 49.7 Å². The molecule has 0 bridgehead atoms. The molecule has 1 amide bonds. The number of piperidine rings is 2. The Bertz CT molecular complexity index is 828. The molecule has 4 rings (SSSR count). The second-order valence-electron chi connectivity index (χ2n) is 8.85. The molecule has 1 unspecified atom stereocenters. The van der Waals surface area contributed by atoms with E-state index in [0.717, 1.165) is 38.8 Å². The zero-order chi connectivity index (χ0) is 19.7. The highest BCUT2D eigenvalue weighted by Gasteiger charge is 2.35. The van der Waals surface area contributed by atoms with Gasteiger partial charge < -0.3 is 4.90 Å². The zero-order valence-electron chi connectivity index (χ0n) is 16.9. The van der Waals surface area contributed by atoms with Crippen LogP contribution in [-0.2, 0) is 27.7 Å². The Morgan fingerprint density at radius 2 is 1.68 bits per heavy atom. The molecule has 3 aliphatic rings. The lowest BCUT2D eigenvalue weighted by molar-refractivity contribution is -0.138. The number of nitrogens with zero attached hydrogens (tertiary/aromatic N) is 2.